The molecule has 1 aliphatic carbocycles. The van der Waals surface area contributed by atoms with Crippen molar-refractivity contribution in [3.05, 3.63) is 24.3 Å². The fourth-order valence-electron chi connectivity index (χ4n) is 3.01. The normalized spacial score (nSPS) is 17.7. The second kappa shape index (κ2) is 8.28. The summed E-state index contributed by atoms with van der Waals surface area (Å²) in [6, 6.07) is 8.94. The summed E-state index contributed by atoms with van der Waals surface area (Å²) in [6.07, 6.45) is 6.96. The Balaban J connectivity index is 1.78. The van der Waals surface area contributed by atoms with E-state index in [4.69, 9.17) is 4.74 Å². The zero-order chi connectivity index (χ0) is 15.1. The quantitative estimate of drug-likeness (QED) is 0.821. The lowest BCUT2D eigenvalue weighted by molar-refractivity contribution is 0.261. The van der Waals surface area contributed by atoms with Crippen LogP contribution in [0, 0.1) is 5.92 Å². The fourth-order valence-corrected chi connectivity index (χ4v) is 3.01. The Morgan fingerprint density at radius 1 is 1.14 bits per heavy atom. The van der Waals surface area contributed by atoms with Gasteiger partial charge in [0.05, 0.1) is 0 Å². The molecule has 0 radical (unpaired) electrons. The van der Waals surface area contributed by atoms with Crippen molar-refractivity contribution in [1.29, 1.82) is 0 Å². The van der Waals surface area contributed by atoms with E-state index in [1.54, 1.807) is 0 Å². The maximum absolute atomic E-state index is 5.72. The van der Waals surface area contributed by atoms with Crippen molar-refractivity contribution in [3.63, 3.8) is 0 Å². The van der Waals surface area contributed by atoms with Crippen LogP contribution in [0.2, 0.25) is 0 Å². The molecule has 0 aromatic heterocycles. The summed E-state index contributed by atoms with van der Waals surface area (Å²) in [4.78, 5) is 2.13. The van der Waals surface area contributed by atoms with Gasteiger partial charge in [-0.25, -0.2) is 0 Å². The average molecular weight is 290 g/mol. The summed E-state index contributed by atoms with van der Waals surface area (Å²) >= 11 is 0. The number of hydrogen-bond donors (Lipinski definition) is 1. The Morgan fingerprint density at radius 3 is 2.43 bits per heavy atom. The summed E-state index contributed by atoms with van der Waals surface area (Å²) in [5.74, 6) is 1.78. The molecule has 1 aromatic carbocycles. The minimum absolute atomic E-state index is 0.561. The van der Waals surface area contributed by atoms with Gasteiger partial charge in [-0.3, -0.25) is 0 Å². The first kappa shape index (κ1) is 16.2. The average Bonchev–Trinajstić information content (AvgIpc) is 2.49. The number of rotatable bonds is 7. The van der Waals surface area contributed by atoms with Gasteiger partial charge in [0.25, 0.3) is 0 Å². The molecule has 0 amide bonds. The Labute approximate surface area is 129 Å². The van der Waals surface area contributed by atoms with E-state index in [0.717, 1.165) is 24.8 Å². The van der Waals surface area contributed by atoms with Crippen molar-refractivity contribution in [2.45, 2.75) is 45.1 Å². The van der Waals surface area contributed by atoms with Gasteiger partial charge in [0, 0.05) is 18.3 Å². The Kier molecular flexibility index (Phi) is 6.37. The largest absolute Gasteiger partial charge is 0.492 e. The van der Waals surface area contributed by atoms with Crippen LogP contribution in [0.25, 0.3) is 0 Å². The second-order valence-electron chi connectivity index (χ2n) is 6.51. The molecule has 1 N–H and O–H groups in total. The molecule has 0 aliphatic heterocycles. The number of benzene rings is 1. The second-order valence-corrected chi connectivity index (χ2v) is 6.51. The lowest BCUT2D eigenvalue weighted by Crippen LogP contribution is -2.27. The first-order valence-corrected chi connectivity index (χ1v) is 8.29. The molecule has 1 unspecified atom stereocenters. The topological polar surface area (TPSA) is 24.5 Å². The van der Waals surface area contributed by atoms with Crippen LogP contribution in [0.5, 0.6) is 5.75 Å². The smallest absolute Gasteiger partial charge is 0.119 e. The van der Waals surface area contributed by atoms with E-state index in [2.05, 4.69) is 55.5 Å². The van der Waals surface area contributed by atoms with Crippen LogP contribution in [-0.2, 0) is 0 Å². The monoisotopic (exact) mass is 290 g/mol. The summed E-state index contributed by atoms with van der Waals surface area (Å²) in [5.41, 5.74) is 1.20. The predicted octanol–water partition coefficient (Wildman–Crippen LogP) is 4.01. The number of anilines is 1. The van der Waals surface area contributed by atoms with Crippen LogP contribution in [0.1, 0.15) is 39.0 Å². The van der Waals surface area contributed by atoms with E-state index in [9.17, 15) is 0 Å². The van der Waals surface area contributed by atoms with Crippen molar-refractivity contribution in [3.8, 4) is 5.75 Å². The van der Waals surface area contributed by atoms with Crippen LogP contribution in [0.4, 0.5) is 5.69 Å². The molecule has 1 aromatic rings. The number of nitrogens with one attached hydrogen (secondary N) is 1. The fraction of sp³-hybridized carbons (Fsp3) is 0.667. The molecule has 2 rings (SSSR count). The lowest BCUT2D eigenvalue weighted by atomic mass is 9.84. The van der Waals surface area contributed by atoms with Gasteiger partial charge in [0.2, 0.25) is 0 Å². The third-order valence-corrected chi connectivity index (χ3v) is 4.41. The van der Waals surface area contributed by atoms with Crippen LogP contribution in [0.3, 0.4) is 0 Å². The molecular formula is C18H30N2O. The zero-order valence-electron chi connectivity index (χ0n) is 13.8. The lowest BCUT2D eigenvalue weighted by Gasteiger charge is -2.29. The summed E-state index contributed by atoms with van der Waals surface area (Å²) in [5, 5.41) is 3.65. The molecule has 1 saturated carbocycles. The molecule has 0 heterocycles. The Bertz CT molecular complexity index is 396. The maximum atomic E-state index is 5.72. The highest BCUT2D eigenvalue weighted by Gasteiger charge is 2.19. The van der Waals surface area contributed by atoms with E-state index < -0.39 is 0 Å². The van der Waals surface area contributed by atoms with Crippen molar-refractivity contribution in [2.75, 3.05) is 32.6 Å². The highest BCUT2D eigenvalue weighted by atomic mass is 16.5. The minimum atomic E-state index is 0.561. The molecule has 3 nitrogen and oxygen atoms in total. The molecule has 1 atom stereocenters. The van der Waals surface area contributed by atoms with Gasteiger partial charge >= 0.3 is 0 Å². The van der Waals surface area contributed by atoms with Crippen LogP contribution < -0.4 is 10.1 Å². The summed E-state index contributed by atoms with van der Waals surface area (Å²) < 4.78 is 5.72. The first-order valence-electron chi connectivity index (χ1n) is 8.29. The molecule has 0 bridgehead atoms. The molecule has 21 heavy (non-hydrogen) atoms. The van der Waals surface area contributed by atoms with Gasteiger partial charge in [-0.1, -0.05) is 19.3 Å². The highest BCUT2D eigenvalue weighted by Crippen LogP contribution is 2.28. The molecule has 1 fully saturated rings. The van der Waals surface area contributed by atoms with Crippen molar-refractivity contribution in [2.24, 2.45) is 5.92 Å². The third kappa shape index (κ3) is 5.58. The third-order valence-electron chi connectivity index (χ3n) is 4.41. The molecule has 3 heteroatoms. The standard InChI is InChI=1S/C18H30N2O/c1-15(16-7-5-4-6-8-16)19-17-9-11-18(12-10-17)21-14-13-20(2)3/h9-12,15-16,19H,4-8,13-14H2,1-3H3. The minimum Gasteiger partial charge on any atom is -0.492 e. The predicted molar refractivity (Wildman–Crippen MR) is 90.2 cm³/mol. The SMILES string of the molecule is CC(Nc1ccc(OCCN(C)C)cc1)C1CCCCC1. The van der Waals surface area contributed by atoms with Gasteiger partial charge in [0.15, 0.2) is 0 Å². The number of nitrogens with zero attached hydrogens (tertiary/aromatic N) is 1. The van der Waals surface area contributed by atoms with Crippen LogP contribution in [-0.4, -0.2) is 38.2 Å². The Morgan fingerprint density at radius 2 is 1.81 bits per heavy atom. The number of ether oxygens (including phenoxy) is 1. The van der Waals surface area contributed by atoms with Crippen molar-refractivity contribution >= 4 is 5.69 Å². The molecule has 1 aliphatic rings. The molecule has 0 spiro atoms. The van der Waals surface area contributed by atoms with Gasteiger partial charge in [-0.2, -0.15) is 0 Å². The van der Waals surface area contributed by atoms with Crippen molar-refractivity contribution < 1.29 is 4.74 Å². The van der Waals surface area contributed by atoms with E-state index in [1.165, 1.54) is 37.8 Å². The molecule has 0 saturated heterocycles. The first-order chi connectivity index (χ1) is 10.1. The van der Waals surface area contributed by atoms with Crippen LogP contribution in [0.15, 0.2) is 24.3 Å². The maximum Gasteiger partial charge on any atom is 0.119 e. The Hall–Kier alpha value is -1.22. The highest BCUT2D eigenvalue weighted by molar-refractivity contribution is 5.47. The summed E-state index contributed by atoms with van der Waals surface area (Å²) in [6.45, 7) is 3.99. The number of hydrogen-bond acceptors (Lipinski definition) is 3. The van der Waals surface area contributed by atoms with Crippen molar-refractivity contribution in [1.82, 2.24) is 4.90 Å². The van der Waals surface area contributed by atoms with Gasteiger partial charge < -0.3 is 15.0 Å². The molecule has 118 valence electrons. The van der Waals surface area contributed by atoms with E-state index in [1.807, 2.05) is 0 Å². The van der Waals surface area contributed by atoms with Gasteiger partial charge in [-0.05, 0) is 64.0 Å². The van der Waals surface area contributed by atoms with Gasteiger partial charge in [-0.15, -0.1) is 0 Å². The van der Waals surface area contributed by atoms with E-state index in [0.29, 0.717) is 6.04 Å². The van der Waals surface area contributed by atoms with E-state index >= 15 is 0 Å². The van der Waals surface area contributed by atoms with E-state index in [-0.39, 0.29) is 0 Å². The zero-order valence-corrected chi connectivity index (χ0v) is 13.8. The molecular weight excluding hydrogens is 260 g/mol. The van der Waals surface area contributed by atoms with Crippen LogP contribution >= 0.6 is 0 Å². The number of likely N-dealkylation sites (N-methyl/N-ethyl adjacent to an activating group) is 1. The van der Waals surface area contributed by atoms with Gasteiger partial charge in [0.1, 0.15) is 12.4 Å². The summed E-state index contributed by atoms with van der Waals surface area (Å²) in [7, 11) is 4.12.